The molecule has 148 valence electrons. The van der Waals surface area contributed by atoms with Gasteiger partial charge in [0.05, 0.1) is 5.92 Å². The van der Waals surface area contributed by atoms with Gasteiger partial charge in [0.1, 0.15) is 0 Å². The van der Waals surface area contributed by atoms with Gasteiger partial charge in [0.2, 0.25) is 11.8 Å². The molecule has 1 aromatic carbocycles. The van der Waals surface area contributed by atoms with E-state index >= 15 is 0 Å². The molecule has 0 bridgehead atoms. The van der Waals surface area contributed by atoms with E-state index in [1.165, 1.54) is 5.69 Å². The van der Waals surface area contributed by atoms with Gasteiger partial charge in [-0.15, -0.1) is 0 Å². The van der Waals surface area contributed by atoms with E-state index < -0.39 is 12.1 Å². The summed E-state index contributed by atoms with van der Waals surface area (Å²) in [7, 11) is 0. The van der Waals surface area contributed by atoms with Crippen LogP contribution in [-0.4, -0.2) is 55.2 Å². The molecule has 0 aliphatic carbocycles. The number of nitrogens with zero attached hydrogens (tertiary/aromatic N) is 1. The Labute approximate surface area is 153 Å². The van der Waals surface area contributed by atoms with E-state index in [1.54, 1.807) is 0 Å². The second kappa shape index (κ2) is 8.85. The van der Waals surface area contributed by atoms with Crippen molar-refractivity contribution in [1.82, 2.24) is 10.6 Å². The number of anilines is 1. The molecule has 2 amide bonds. The van der Waals surface area contributed by atoms with Crippen LogP contribution in [0.3, 0.4) is 0 Å². The molecule has 2 aliphatic heterocycles. The van der Waals surface area contributed by atoms with Crippen LogP contribution in [-0.2, 0) is 14.4 Å². The van der Waals surface area contributed by atoms with Crippen molar-refractivity contribution in [3.63, 3.8) is 0 Å². The first kappa shape index (κ1) is 20.7. The molecule has 27 heavy (non-hydrogen) atoms. The van der Waals surface area contributed by atoms with Crippen LogP contribution in [0.1, 0.15) is 24.3 Å². The number of amides is 2. The van der Waals surface area contributed by atoms with Gasteiger partial charge in [0.25, 0.3) is 0 Å². The van der Waals surface area contributed by atoms with Crippen LogP contribution in [0.4, 0.5) is 18.9 Å². The highest BCUT2D eigenvalue weighted by Crippen LogP contribution is 2.26. The van der Waals surface area contributed by atoms with Gasteiger partial charge in [-0.05, 0) is 24.1 Å². The molecule has 0 saturated carbocycles. The molecule has 3 rings (SSSR count). The number of hydrogen-bond acceptors (Lipinski definition) is 5. The topological polar surface area (TPSA) is 98.7 Å². The van der Waals surface area contributed by atoms with Crippen molar-refractivity contribution in [3.05, 3.63) is 29.8 Å². The third-order valence-corrected chi connectivity index (χ3v) is 4.26. The smallest absolute Gasteiger partial charge is 0.475 e. The SMILES string of the molecule is O=C(O)C(F)(F)F.O=C1CCC(c2ccc(N3CCNCC3)cc2)C(=O)N1. The van der Waals surface area contributed by atoms with Crippen molar-refractivity contribution in [1.29, 1.82) is 0 Å². The number of carbonyl (C=O) groups excluding carboxylic acids is 2. The number of carboxylic acids is 1. The second-order valence-corrected chi connectivity index (χ2v) is 6.14. The highest BCUT2D eigenvalue weighted by atomic mass is 19.4. The largest absolute Gasteiger partial charge is 0.490 e. The summed E-state index contributed by atoms with van der Waals surface area (Å²) in [5.74, 6) is -3.28. The zero-order valence-corrected chi connectivity index (χ0v) is 14.4. The summed E-state index contributed by atoms with van der Waals surface area (Å²) in [6, 6.07) is 8.17. The zero-order chi connectivity index (χ0) is 20.0. The second-order valence-electron chi connectivity index (χ2n) is 6.14. The minimum Gasteiger partial charge on any atom is -0.475 e. The van der Waals surface area contributed by atoms with Crippen LogP contribution in [0.2, 0.25) is 0 Å². The summed E-state index contributed by atoms with van der Waals surface area (Å²) in [5, 5.41) is 12.9. The molecule has 0 radical (unpaired) electrons. The fraction of sp³-hybridized carbons (Fsp3) is 0.471. The zero-order valence-electron chi connectivity index (χ0n) is 14.4. The fourth-order valence-corrected chi connectivity index (χ4v) is 2.85. The summed E-state index contributed by atoms with van der Waals surface area (Å²) in [6.45, 7) is 4.04. The summed E-state index contributed by atoms with van der Waals surface area (Å²) in [6.07, 6.45) is -4.05. The van der Waals surface area contributed by atoms with E-state index in [9.17, 15) is 22.8 Å². The number of piperidine rings is 1. The van der Waals surface area contributed by atoms with Crippen molar-refractivity contribution >= 4 is 23.5 Å². The van der Waals surface area contributed by atoms with E-state index in [-0.39, 0.29) is 17.7 Å². The number of halogens is 3. The van der Waals surface area contributed by atoms with Gasteiger partial charge in [-0.25, -0.2) is 4.79 Å². The lowest BCUT2D eigenvalue weighted by Crippen LogP contribution is -2.43. The van der Waals surface area contributed by atoms with E-state index in [4.69, 9.17) is 9.90 Å². The number of rotatable bonds is 2. The maximum Gasteiger partial charge on any atom is 0.490 e. The highest BCUT2D eigenvalue weighted by Gasteiger charge is 2.38. The molecule has 10 heteroatoms. The van der Waals surface area contributed by atoms with Gasteiger partial charge in [-0.2, -0.15) is 13.2 Å². The van der Waals surface area contributed by atoms with Crippen molar-refractivity contribution in [2.45, 2.75) is 24.9 Å². The van der Waals surface area contributed by atoms with Gasteiger partial charge < -0.3 is 15.3 Å². The summed E-state index contributed by atoms with van der Waals surface area (Å²) < 4.78 is 31.7. The number of carboxylic acid groups (broad SMARTS) is 1. The predicted molar refractivity (Wildman–Crippen MR) is 90.3 cm³/mol. The summed E-state index contributed by atoms with van der Waals surface area (Å²) in [5.41, 5.74) is 2.19. The molecule has 0 aromatic heterocycles. The highest BCUT2D eigenvalue weighted by molar-refractivity contribution is 6.00. The third-order valence-electron chi connectivity index (χ3n) is 4.26. The van der Waals surface area contributed by atoms with Gasteiger partial charge in [-0.3, -0.25) is 14.9 Å². The lowest BCUT2D eigenvalue weighted by Gasteiger charge is -2.30. The van der Waals surface area contributed by atoms with E-state index in [0.29, 0.717) is 12.8 Å². The molecular formula is C17H20F3N3O4. The molecule has 2 aliphatic rings. The Bertz CT molecular complexity index is 686. The standard InChI is InChI=1S/C15H19N3O2.C2HF3O2/c19-14-6-5-13(15(20)17-14)11-1-3-12(4-2-11)18-9-7-16-8-10-18;3-2(4,5)1(6)7/h1-4,13,16H,5-10H2,(H,17,19,20);(H,6,7). The summed E-state index contributed by atoms with van der Waals surface area (Å²) in [4.78, 5) is 34.2. The van der Waals surface area contributed by atoms with Gasteiger partial charge >= 0.3 is 12.1 Å². The number of carbonyl (C=O) groups is 3. The minimum atomic E-state index is -5.08. The van der Waals surface area contributed by atoms with E-state index in [2.05, 4.69) is 27.7 Å². The Kier molecular flexibility index (Phi) is 6.78. The Morgan fingerprint density at radius 2 is 1.67 bits per heavy atom. The molecule has 1 atom stereocenters. The predicted octanol–water partition coefficient (Wildman–Crippen LogP) is 1.25. The number of alkyl halides is 3. The number of imide groups is 1. The van der Waals surface area contributed by atoms with Crippen LogP contribution in [0.15, 0.2) is 24.3 Å². The number of piperazine rings is 1. The molecule has 2 fully saturated rings. The monoisotopic (exact) mass is 387 g/mol. The van der Waals surface area contributed by atoms with Gasteiger partial charge in [-0.1, -0.05) is 12.1 Å². The summed E-state index contributed by atoms with van der Waals surface area (Å²) >= 11 is 0. The maximum atomic E-state index is 11.8. The van der Waals surface area contributed by atoms with Crippen molar-refractivity contribution in [2.24, 2.45) is 0 Å². The van der Waals surface area contributed by atoms with Crippen molar-refractivity contribution < 1.29 is 32.7 Å². The first-order valence-electron chi connectivity index (χ1n) is 8.38. The Hall–Kier alpha value is -2.62. The van der Waals surface area contributed by atoms with Gasteiger partial charge in [0.15, 0.2) is 0 Å². The van der Waals surface area contributed by atoms with Crippen LogP contribution >= 0.6 is 0 Å². The average molecular weight is 387 g/mol. The maximum absolute atomic E-state index is 11.8. The van der Waals surface area contributed by atoms with E-state index in [1.807, 2.05) is 12.1 Å². The quantitative estimate of drug-likeness (QED) is 0.661. The molecule has 1 aromatic rings. The van der Waals surface area contributed by atoms with Crippen LogP contribution in [0, 0.1) is 0 Å². The number of nitrogens with one attached hydrogen (secondary N) is 2. The molecule has 0 spiro atoms. The number of aliphatic carboxylic acids is 1. The Morgan fingerprint density at radius 3 is 2.15 bits per heavy atom. The molecule has 1 unspecified atom stereocenters. The van der Waals surface area contributed by atoms with Crippen LogP contribution < -0.4 is 15.5 Å². The Balaban J connectivity index is 0.000000321. The fourth-order valence-electron chi connectivity index (χ4n) is 2.85. The van der Waals surface area contributed by atoms with E-state index in [0.717, 1.165) is 31.7 Å². The number of benzene rings is 1. The normalized spacial score (nSPS) is 20.4. The van der Waals surface area contributed by atoms with Crippen LogP contribution in [0.25, 0.3) is 0 Å². The Morgan fingerprint density at radius 1 is 1.11 bits per heavy atom. The lowest BCUT2D eigenvalue weighted by molar-refractivity contribution is -0.192. The molecule has 2 heterocycles. The minimum absolute atomic E-state index is 0.163. The average Bonchev–Trinajstić information content (AvgIpc) is 2.62. The van der Waals surface area contributed by atoms with Gasteiger partial charge in [0, 0.05) is 38.3 Å². The first-order valence-corrected chi connectivity index (χ1v) is 8.38. The van der Waals surface area contributed by atoms with Crippen molar-refractivity contribution in [2.75, 3.05) is 31.1 Å². The van der Waals surface area contributed by atoms with Crippen LogP contribution in [0.5, 0.6) is 0 Å². The lowest BCUT2D eigenvalue weighted by atomic mass is 9.90. The van der Waals surface area contributed by atoms with Crippen molar-refractivity contribution in [3.8, 4) is 0 Å². The molecular weight excluding hydrogens is 367 g/mol. The molecule has 2 saturated heterocycles. The molecule has 3 N–H and O–H groups in total. The number of hydrogen-bond donors (Lipinski definition) is 3. The molecule has 7 nitrogen and oxygen atoms in total. The first-order chi connectivity index (χ1) is 12.7. The third kappa shape index (κ3) is 5.95.